The van der Waals surface area contributed by atoms with E-state index in [4.69, 9.17) is 11.6 Å². The lowest BCUT2D eigenvalue weighted by atomic mass is 10.2. The zero-order chi connectivity index (χ0) is 19.3. The van der Waals surface area contributed by atoms with Crippen LogP contribution < -0.4 is 0 Å². The molecule has 0 amide bonds. The predicted octanol–water partition coefficient (Wildman–Crippen LogP) is 5.47. The number of halogens is 2. The number of benzene rings is 2. The van der Waals surface area contributed by atoms with Crippen molar-refractivity contribution in [2.75, 3.05) is 0 Å². The van der Waals surface area contributed by atoms with Crippen molar-refractivity contribution in [1.29, 1.82) is 0 Å². The van der Waals surface area contributed by atoms with Crippen LogP contribution in [0.3, 0.4) is 0 Å². The van der Waals surface area contributed by atoms with E-state index in [9.17, 15) is 4.39 Å². The van der Waals surface area contributed by atoms with E-state index in [0.717, 1.165) is 11.1 Å². The van der Waals surface area contributed by atoms with Gasteiger partial charge < -0.3 is 0 Å². The first-order valence-corrected chi connectivity index (χ1v) is 10.0. The average molecular weight is 411 g/mol. The van der Waals surface area contributed by atoms with Gasteiger partial charge in [-0.2, -0.15) is 0 Å². The second kappa shape index (κ2) is 8.54. The predicted molar refractivity (Wildman–Crippen MR) is 110 cm³/mol. The van der Waals surface area contributed by atoms with Crippen LogP contribution in [-0.2, 0) is 12.3 Å². The summed E-state index contributed by atoms with van der Waals surface area (Å²) in [6.07, 6.45) is 1.66. The molecule has 140 valence electrons. The molecule has 0 fully saturated rings. The summed E-state index contributed by atoms with van der Waals surface area (Å²) < 4.78 is 16.3. The Bertz CT molecular complexity index is 1080. The molecule has 2 heterocycles. The zero-order valence-electron chi connectivity index (χ0n) is 14.8. The molecule has 0 bridgehead atoms. The average Bonchev–Trinajstić information content (AvgIpc) is 3.11. The molecule has 4 nitrogen and oxygen atoms in total. The van der Waals surface area contributed by atoms with E-state index < -0.39 is 0 Å². The van der Waals surface area contributed by atoms with E-state index in [-0.39, 0.29) is 5.82 Å². The summed E-state index contributed by atoms with van der Waals surface area (Å²) >= 11 is 7.66. The van der Waals surface area contributed by atoms with E-state index in [1.165, 1.54) is 17.8 Å². The Labute approximate surface area is 171 Å². The van der Waals surface area contributed by atoms with Crippen molar-refractivity contribution in [3.8, 4) is 11.4 Å². The Morgan fingerprint density at radius 3 is 2.50 bits per heavy atom. The molecule has 0 aliphatic carbocycles. The smallest absolute Gasteiger partial charge is 0.192 e. The third-order valence-corrected chi connectivity index (χ3v) is 5.56. The summed E-state index contributed by atoms with van der Waals surface area (Å²) in [5, 5.41) is 9.77. The fourth-order valence-electron chi connectivity index (χ4n) is 2.82. The highest BCUT2D eigenvalue weighted by atomic mass is 35.5. The van der Waals surface area contributed by atoms with Crippen molar-refractivity contribution in [2.24, 2.45) is 0 Å². The lowest BCUT2D eigenvalue weighted by Gasteiger charge is -2.11. The lowest BCUT2D eigenvalue weighted by molar-refractivity contribution is 0.626. The summed E-state index contributed by atoms with van der Waals surface area (Å²) in [6, 6.07) is 20.3. The Hall–Kier alpha value is -2.70. The lowest BCUT2D eigenvalue weighted by Crippen LogP contribution is -2.05. The van der Waals surface area contributed by atoms with Gasteiger partial charge in [-0.15, -0.1) is 10.2 Å². The Morgan fingerprint density at radius 1 is 0.929 bits per heavy atom. The molecule has 0 unspecified atom stereocenters. The topological polar surface area (TPSA) is 43.6 Å². The van der Waals surface area contributed by atoms with E-state index >= 15 is 0 Å². The van der Waals surface area contributed by atoms with Gasteiger partial charge in [0.15, 0.2) is 11.0 Å². The summed E-state index contributed by atoms with van der Waals surface area (Å²) in [5.74, 6) is 0.773. The molecule has 4 aromatic rings. The van der Waals surface area contributed by atoms with Gasteiger partial charge in [-0.25, -0.2) is 9.37 Å². The van der Waals surface area contributed by atoms with Crippen molar-refractivity contribution in [2.45, 2.75) is 17.5 Å². The number of hydrogen-bond donors (Lipinski definition) is 0. The molecule has 2 aromatic carbocycles. The van der Waals surface area contributed by atoms with Crippen molar-refractivity contribution in [3.63, 3.8) is 0 Å². The van der Waals surface area contributed by atoms with Crippen molar-refractivity contribution in [1.82, 2.24) is 19.7 Å². The van der Waals surface area contributed by atoms with Crippen LogP contribution in [0.1, 0.15) is 11.1 Å². The van der Waals surface area contributed by atoms with Crippen LogP contribution in [0.15, 0.2) is 78.1 Å². The monoisotopic (exact) mass is 410 g/mol. The molecule has 0 spiro atoms. The second-order valence-electron chi connectivity index (χ2n) is 6.10. The summed E-state index contributed by atoms with van der Waals surface area (Å²) in [5.41, 5.74) is 2.43. The van der Waals surface area contributed by atoms with E-state index in [1.807, 2.05) is 47.0 Å². The highest BCUT2D eigenvalue weighted by Gasteiger charge is 2.18. The number of nitrogens with zero attached hydrogens (tertiary/aromatic N) is 4. The van der Waals surface area contributed by atoms with Gasteiger partial charge in [0.2, 0.25) is 0 Å². The first-order chi connectivity index (χ1) is 13.7. The quantitative estimate of drug-likeness (QED) is 0.312. The van der Waals surface area contributed by atoms with E-state index in [1.54, 1.807) is 24.4 Å². The third kappa shape index (κ3) is 4.08. The van der Waals surface area contributed by atoms with Crippen LogP contribution >= 0.6 is 23.4 Å². The molecule has 0 N–H and O–H groups in total. The number of thioether (sulfide) groups is 1. The highest BCUT2D eigenvalue weighted by molar-refractivity contribution is 7.98. The minimum absolute atomic E-state index is 0.323. The number of rotatable bonds is 6. The Kier molecular flexibility index (Phi) is 5.69. The molecule has 0 aliphatic heterocycles. The van der Waals surface area contributed by atoms with Crippen LogP contribution in [0.5, 0.6) is 0 Å². The van der Waals surface area contributed by atoms with Crippen LogP contribution in [0.4, 0.5) is 4.39 Å². The van der Waals surface area contributed by atoms with Gasteiger partial charge in [-0.1, -0.05) is 71.9 Å². The summed E-state index contributed by atoms with van der Waals surface area (Å²) in [4.78, 5) is 4.11. The fraction of sp³-hybridized carbons (Fsp3) is 0.0952. The maximum absolute atomic E-state index is 14.4. The second-order valence-corrected chi connectivity index (χ2v) is 7.40. The molecule has 4 rings (SSSR count). The largest absolute Gasteiger partial charge is 0.297 e. The molecule has 7 heteroatoms. The van der Waals surface area contributed by atoms with Gasteiger partial charge >= 0.3 is 0 Å². The van der Waals surface area contributed by atoms with Crippen molar-refractivity contribution >= 4 is 23.4 Å². The van der Waals surface area contributed by atoms with Gasteiger partial charge in [0.05, 0.1) is 12.1 Å². The maximum atomic E-state index is 14.4. The standard InChI is InChI=1S/C21H16ClFN4S/c22-19-16(9-6-12-24-19)14-28-21-26-25-20(17-10-4-5-11-18(17)23)27(21)13-15-7-2-1-3-8-15/h1-12H,13-14H2. The molecular weight excluding hydrogens is 395 g/mol. The molecular formula is C21H16ClFN4S. The summed E-state index contributed by atoms with van der Waals surface area (Å²) in [7, 11) is 0. The molecule has 0 saturated carbocycles. The third-order valence-electron chi connectivity index (χ3n) is 4.21. The van der Waals surface area contributed by atoms with Crippen LogP contribution in [0.25, 0.3) is 11.4 Å². The minimum atomic E-state index is -0.323. The van der Waals surface area contributed by atoms with Gasteiger partial charge in [0.1, 0.15) is 11.0 Å². The van der Waals surface area contributed by atoms with Crippen LogP contribution in [0.2, 0.25) is 5.15 Å². The molecule has 28 heavy (non-hydrogen) atoms. The molecule has 0 saturated heterocycles. The fourth-order valence-corrected chi connectivity index (χ4v) is 4.00. The van der Waals surface area contributed by atoms with Gasteiger partial charge in [-0.3, -0.25) is 4.57 Å². The number of aromatic nitrogens is 4. The Morgan fingerprint density at radius 2 is 1.71 bits per heavy atom. The molecule has 2 aromatic heterocycles. The van der Waals surface area contributed by atoms with E-state index in [2.05, 4.69) is 15.2 Å². The SMILES string of the molecule is Fc1ccccc1-c1nnc(SCc2cccnc2Cl)n1Cc1ccccc1. The van der Waals surface area contributed by atoms with Gasteiger partial charge in [0, 0.05) is 11.9 Å². The number of hydrogen-bond acceptors (Lipinski definition) is 4. The molecule has 0 radical (unpaired) electrons. The molecule has 0 aliphatic rings. The van der Waals surface area contributed by atoms with Crippen LogP contribution in [0, 0.1) is 5.82 Å². The Balaban J connectivity index is 1.70. The summed E-state index contributed by atoms with van der Waals surface area (Å²) in [6.45, 7) is 0.542. The first kappa shape index (κ1) is 18.7. The van der Waals surface area contributed by atoms with Gasteiger partial charge in [-0.05, 0) is 29.3 Å². The normalized spacial score (nSPS) is 10.9. The van der Waals surface area contributed by atoms with Crippen LogP contribution in [-0.4, -0.2) is 19.7 Å². The van der Waals surface area contributed by atoms with E-state index in [0.29, 0.717) is 34.0 Å². The minimum Gasteiger partial charge on any atom is -0.297 e. The number of pyridine rings is 1. The van der Waals surface area contributed by atoms with Crippen molar-refractivity contribution < 1.29 is 4.39 Å². The van der Waals surface area contributed by atoms with Gasteiger partial charge in [0.25, 0.3) is 0 Å². The first-order valence-electron chi connectivity index (χ1n) is 8.66. The van der Waals surface area contributed by atoms with Crippen molar-refractivity contribution in [3.05, 3.63) is 95.0 Å². The molecule has 0 atom stereocenters. The maximum Gasteiger partial charge on any atom is 0.192 e. The zero-order valence-corrected chi connectivity index (χ0v) is 16.4. The highest BCUT2D eigenvalue weighted by Crippen LogP contribution is 2.29.